The van der Waals surface area contributed by atoms with Crippen LogP contribution < -0.4 is 5.73 Å². The van der Waals surface area contributed by atoms with E-state index in [4.69, 9.17) is 22.5 Å². The summed E-state index contributed by atoms with van der Waals surface area (Å²) < 4.78 is 2.55. The Kier molecular flexibility index (Phi) is 4.00. The highest BCUT2D eigenvalue weighted by molar-refractivity contribution is 9.10. The van der Waals surface area contributed by atoms with E-state index in [9.17, 15) is 4.91 Å². The molecule has 3 rings (SSSR count). The van der Waals surface area contributed by atoms with Crippen LogP contribution in [-0.4, -0.2) is 25.6 Å². The molecule has 0 aromatic carbocycles. The van der Waals surface area contributed by atoms with Gasteiger partial charge < -0.3 is 15.5 Å². The molecule has 1 fully saturated rings. The first kappa shape index (κ1) is 15.2. The molecule has 3 N–H and O–H groups in total. The molecule has 0 spiro atoms. The maximum Gasteiger partial charge on any atom is 0.209 e. The lowest BCUT2D eigenvalue weighted by Gasteiger charge is -2.12. The molecule has 2 heterocycles. The molecule has 1 atom stereocenters. The molecular weight excluding hydrogens is 376 g/mol. The first-order valence-electron chi connectivity index (χ1n) is 6.56. The number of hydrogen-bond acceptors (Lipinski definition) is 6. The summed E-state index contributed by atoms with van der Waals surface area (Å²) in [6.07, 6.45) is 3.79. The maximum atomic E-state index is 11.2. The van der Waals surface area contributed by atoms with E-state index >= 15 is 0 Å². The van der Waals surface area contributed by atoms with Crippen LogP contribution in [0.3, 0.4) is 0 Å². The molecule has 2 aromatic rings. The Morgan fingerprint density at radius 1 is 1.64 bits per heavy atom. The van der Waals surface area contributed by atoms with E-state index in [1.807, 2.05) is 4.57 Å². The van der Waals surface area contributed by atoms with E-state index in [0.717, 1.165) is 18.4 Å². The van der Waals surface area contributed by atoms with Gasteiger partial charge in [-0.2, -0.15) is 0 Å². The molecule has 8 nitrogen and oxygen atoms in total. The minimum Gasteiger partial charge on any atom is -0.409 e. The fourth-order valence-corrected chi connectivity index (χ4v) is 3.02. The van der Waals surface area contributed by atoms with Crippen LogP contribution in [0.15, 0.2) is 21.0 Å². The van der Waals surface area contributed by atoms with E-state index < -0.39 is 6.04 Å². The maximum absolute atomic E-state index is 11.2. The van der Waals surface area contributed by atoms with E-state index in [1.54, 1.807) is 6.20 Å². The number of nitrogens with zero attached hydrogens (tertiary/aromatic N) is 5. The van der Waals surface area contributed by atoms with Crippen LogP contribution in [0, 0.1) is 10.8 Å². The van der Waals surface area contributed by atoms with Crippen LogP contribution in [0.5, 0.6) is 0 Å². The van der Waals surface area contributed by atoms with Gasteiger partial charge >= 0.3 is 0 Å². The Bertz CT molecular complexity index is 773. The summed E-state index contributed by atoms with van der Waals surface area (Å²) in [4.78, 5) is 19.6. The number of rotatable bonds is 5. The molecule has 1 aliphatic carbocycles. The highest BCUT2D eigenvalue weighted by Gasteiger charge is 2.31. The van der Waals surface area contributed by atoms with Crippen molar-refractivity contribution in [1.82, 2.24) is 14.5 Å². The Hall–Kier alpha value is -1.74. The number of hydrogen-bond donors (Lipinski definition) is 2. The Morgan fingerprint density at radius 2 is 2.36 bits per heavy atom. The average molecular weight is 388 g/mol. The van der Waals surface area contributed by atoms with Gasteiger partial charge in [0.1, 0.15) is 11.3 Å². The molecular formula is C12H12BrClN6O2. The zero-order valence-corrected chi connectivity index (χ0v) is 13.6. The summed E-state index contributed by atoms with van der Waals surface area (Å²) in [5, 5.41) is 14.9. The summed E-state index contributed by atoms with van der Waals surface area (Å²) >= 11 is 9.53. The van der Waals surface area contributed by atoms with Gasteiger partial charge in [-0.25, -0.2) is 9.97 Å². The standard InChI is InChI=1S/C12H12BrClN6O2/c13-6-3-16-10(14)7-9(6)20(4-5-1-2-5)12(17-7)8(18-21)11(15)19-22/h3,5,8,22H,1-2,4H2,(H2,15,19). The molecule has 1 unspecified atom stereocenters. The van der Waals surface area contributed by atoms with Crippen molar-refractivity contribution in [3.8, 4) is 0 Å². The van der Waals surface area contributed by atoms with Gasteiger partial charge in [0.05, 0.1) is 9.99 Å². The SMILES string of the molecule is NC(=NO)C(N=O)c1nc2c(Cl)ncc(Br)c2n1CC1CC1. The summed E-state index contributed by atoms with van der Waals surface area (Å²) in [5.74, 6) is 0.486. The molecule has 1 saturated carbocycles. The number of nitroso groups, excluding NO2 is 1. The van der Waals surface area contributed by atoms with Gasteiger partial charge in [0.25, 0.3) is 0 Å². The third-order valence-corrected chi connectivity index (χ3v) is 4.45. The van der Waals surface area contributed by atoms with Crippen LogP contribution in [0.2, 0.25) is 5.15 Å². The van der Waals surface area contributed by atoms with Gasteiger partial charge in [0.15, 0.2) is 11.0 Å². The lowest BCUT2D eigenvalue weighted by atomic mass is 10.2. The zero-order chi connectivity index (χ0) is 15.9. The van der Waals surface area contributed by atoms with Crippen LogP contribution in [0.25, 0.3) is 11.0 Å². The number of fused-ring (bicyclic) bond motifs is 1. The monoisotopic (exact) mass is 386 g/mol. The molecule has 2 aromatic heterocycles. The number of aromatic nitrogens is 3. The lowest BCUT2D eigenvalue weighted by Crippen LogP contribution is -2.23. The van der Waals surface area contributed by atoms with Crippen molar-refractivity contribution in [2.45, 2.75) is 25.4 Å². The fraction of sp³-hybridized carbons (Fsp3) is 0.417. The van der Waals surface area contributed by atoms with Crippen molar-refractivity contribution in [3.63, 3.8) is 0 Å². The smallest absolute Gasteiger partial charge is 0.209 e. The molecule has 0 saturated heterocycles. The van der Waals surface area contributed by atoms with Crippen molar-refractivity contribution in [2.75, 3.05) is 0 Å². The Balaban J connectivity index is 2.25. The number of oxime groups is 1. The van der Waals surface area contributed by atoms with Crippen LogP contribution in [0.4, 0.5) is 0 Å². The molecule has 0 bridgehead atoms. The normalized spacial score (nSPS) is 16.9. The lowest BCUT2D eigenvalue weighted by molar-refractivity contribution is 0.315. The quantitative estimate of drug-likeness (QED) is 0.204. The fourth-order valence-electron chi connectivity index (χ4n) is 2.33. The third-order valence-electron chi connectivity index (χ3n) is 3.59. The third kappa shape index (κ3) is 2.54. The number of imidazole rings is 1. The van der Waals surface area contributed by atoms with E-state index in [1.165, 1.54) is 0 Å². The topological polar surface area (TPSA) is 119 Å². The predicted octanol–water partition coefficient (Wildman–Crippen LogP) is 2.81. The van der Waals surface area contributed by atoms with Gasteiger partial charge in [-0.1, -0.05) is 16.8 Å². The molecule has 10 heteroatoms. The summed E-state index contributed by atoms with van der Waals surface area (Å²) in [6.45, 7) is 0.662. The predicted molar refractivity (Wildman–Crippen MR) is 84.9 cm³/mol. The highest BCUT2D eigenvalue weighted by atomic mass is 79.9. The second-order valence-corrected chi connectivity index (χ2v) is 6.36. The van der Waals surface area contributed by atoms with Crippen molar-refractivity contribution in [3.05, 3.63) is 26.6 Å². The summed E-state index contributed by atoms with van der Waals surface area (Å²) in [7, 11) is 0. The Morgan fingerprint density at radius 3 is 2.95 bits per heavy atom. The van der Waals surface area contributed by atoms with Crippen LogP contribution in [-0.2, 0) is 6.54 Å². The first-order valence-corrected chi connectivity index (χ1v) is 7.74. The Labute approximate surface area is 138 Å². The first-order chi connectivity index (χ1) is 10.6. The summed E-state index contributed by atoms with van der Waals surface area (Å²) in [6, 6.07) is -1.18. The van der Waals surface area contributed by atoms with Gasteiger partial charge in [-0.05, 0) is 39.9 Å². The van der Waals surface area contributed by atoms with Gasteiger partial charge in [0.2, 0.25) is 6.04 Å². The minimum atomic E-state index is -1.18. The van der Waals surface area contributed by atoms with Gasteiger partial charge in [0, 0.05) is 12.7 Å². The second-order valence-electron chi connectivity index (χ2n) is 5.15. The van der Waals surface area contributed by atoms with Gasteiger partial charge in [-0.15, -0.1) is 4.91 Å². The number of nitrogens with two attached hydrogens (primary N) is 1. The highest BCUT2D eigenvalue weighted by Crippen LogP contribution is 2.37. The molecule has 0 aliphatic heterocycles. The van der Waals surface area contributed by atoms with E-state index in [2.05, 4.69) is 36.2 Å². The number of amidine groups is 1. The van der Waals surface area contributed by atoms with E-state index in [-0.39, 0.29) is 11.0 Å². The summed E-state index contributed by atoms with van der Waals surface area (Å²) in [5.41, 5.74) is 6.74. The average Bonchev–Trinajstić information content (AvgIpc) is 3.25. The largest absolute Gasteiger partial charge is 0.409 e. The molecule has 0 radical (unpaired) electrons. The van der Waals surface area contributed by atoms with Crippen molar-refractivity contribution in [2.24, 2.45) is 22.0 Å². The van der Waals surface area contributed by atoms with Crippen LogP contribution in [0.1, 0.15) is 24.7 Å². The number of pyridine rings is 1. The van der Waals surface area contributed by atoms with Crippen molar-refractivity contribution in [1.29, 1.82) is 0 Å². The van der Waals surface area contributed by atoms with Crippen molar-refractivity contribution >= 4 is 44.4 Å². The molecule has 22 heavy (non-hydrogen) atoms. The zero-order valence-electron chi connectivity index (χ0n) is 11.3. The van der Waals surface area contributed by atoms with Gasteiger partial charge in [-0.3, -0.25) is 0 Å². The second kappa shape index (κ2) is 5.81. The number of halogens is 2. The van der Waals surface area contributed by atoms with Crippen molar-refractivity contribution < 1.29 is 5.21 Å². The molecule has 0 amide bonds. The van der Waals surface area contributed by atoms with E-state index in [0.29, 0.717) is 28.3 Å². The molecule has 1 aliphatic rings. The molecule has 116 valence electrons. The minimum absolute atomic E-state index is 0.221. The van der Waals surface area contributed by atoms with Crippen LogP contribution >= 0.6 is 27.5 Å².